The van der Waals surface area contributed by atoms with E-state index in [1.165, 1.54) is 6.42 Å². The summed E-state index contributed by atoms with van der Waals surface area (Å²) < 4.78 is 16.1. The Morgan fingerprint density at radius 2 is 1.67 bits per heavy atom. The fourth-order valence-corrected chi connectivity index (χ4v) is 3.73. The molecule has 0 aliphatic heterocycles. The second-order valence-corrected chi connectivity index (χ2v) is 7.98. The molecule has 2 amide bonds. The summed E-state index contributed by atoms with van der Waals surface area (Å²) in [6.07, 6.45) is 5.54. The summed E-state index contributed by atoms with van der Waals surface area (Å²) in [5.41, 5.74) is 1.44. The van der Waals surface area contributed by atoms with Crippen molar-refractivity contribution in [3.8, 4) is 11.5 Å². The van der Waals surface area contributed by atoms with Crippen LogP contribution >= 0.6 is 0 Å². The van der Waals surface area contributed by atoms with Crippen LogP contribution in [0.3, 0.4) is 0 Å². The minimum atomic E-state index is -0.216. The van der Waals surface area contributed by atoms with E-state index in [4.69, 9.17) is 14.0 Å². The highest BCUT2D eigenvalue weighted by atomic mass is 16.5. The third kappa shape index (κ3) is 6.12. The van der Waals surface area contributed by atoms with Gasteiger partial charge in [0.15, 0.2) is 11.5 Å². The van der Waals surface area contributed by atoms with Gasteiger partial charge < -0.3 is 24.6 Å². The maximum absolute atomic E-state index is 12.4. The second kappa shape index (κ2) is 10.7. The average molecular weight is 450 g/mol. The van der Waals surface area contributed by atoms with E-state index in [1.807, 2.05) is 0 Å². The van der Waals surface area contributed by atoms with E-state index < -0.39 is 0 Å². The predicted molar refractivity (Wildman–Crippen MR) is 123 cm³/mol. The molecule has 1 heterocycles. The summed E-state index contributed by atoms with van der Waals surface area (Å²) in [4.78, 5) is 24.7. The predicted octanol–water partition coefficient (Wildman–Crippen LogP) is 4.58. The fourth-order valence-electron chi connectivity index (χ4n) is 3.73. The zero-order chi connectivity index (χ0) is 23.0. The van der Waals surface area contributed by atoms with Crippen molar-refractivity contribution in [2.24, 2.45) is 0 Å². The lowest BCUT2D eigenvalue weighted by molar-refractivity contribution is 0.0917. The summed E-state index contributed by atoms with van der Waals surface area (Å²) in [7, 11) is 1.58. The lowest BCUT2D eigenvalue weighted by Crippen LogP contribution is -2.36. The zero-order valence-corrected chi connectivity index (χ0v) is 18.5. The molecule has 1 aliphatic carbocycles. The molecule has 0 spiro atoms. The first-order valence-corrected chi connectivity index (χ1v) is 11.1. The van der Waals surface area contributed by atoms with Crippen LogP contribution in [-0.4, -0.2) is 30.1 Å². The molecule has 2 aromatic carbocycles. The van der Waals surface area contributed by atoms with Gasteiger partial charge in [0, 0.05) is 23.4 Å². The SMILES string of the molecule is COc1ccc(C(=O)Nc2ccc(OCc3cc(C(=O)NC4CCCCC4)no3)cc2)cc1. The maximum Gasteiger partial charge on any atom is 0.273 e. The van der Waals surface area contributed by atoms with Crippen molar-refractivity contribution >= 4 is 17.5 Å². The minimum absolute atomic E-state index is 0.140. The number of methoxy groups -OCH3 is 1. The molecule has 172 valence electrons. The van der Waals surface area contributed by atoms with Gasteiger partial charge in [-0.05, 0) is 61.4 Å². The van der Waals surface area contributed by atoms with Crippen molar-refractivity contribution in [3.63, 3.8) is 0 Å². The number of ether oxygens (including phenoxy) is 2. The van der Waals surface area contributed by atoms with Crippen LogP contribution in [0.25, 0.3) is 0 Å². The molecule has 2 N–H and O–H groups in total. The van der Waals surface area contributed by atoms with Gasteiger partial charge in [0.05, 0.1) is 7.11 Å². The van der Waals surface area contributed by atoms with E-state index in [9.17, 15) is 9.59 Å². The quantitative estimate of drug-likeness (QED) is 0.522. The fraction of sp³-hybridized carbons (Fsp3) is 0.320. The van der Waals surface area contributed by atoms with Gasteiger partial charge in [-0.1, -0.05) is 24.4 Å². The number of rotatable bonds is 8. The van der Waals surface area contributed by atoms with Gasteiger partial charge >= 0.3 is 0 Å². The van der Waals surface area contributed by atoms with Crippen LogP contribution in [0.1, 0.15) is 58.7 Å². The normalized spacial score (nSPS) is 13.8. The third-order valence-electron chi connectivity index (χ3n) is 5.58. The van der Waals surface area contributed by atoms with Gasteiger partial charge in [0.2, 0.25) is 0 Å². The van der Waals surface area contributed by atoms with Gasteiger partial charge in [-0.25, -0.2) is 0 Å². The van der Waals surface area contributed by atoms with Crippen molar-refractivity contribution in [2.45, 2.75) is 44.8 Å². The van der Waals surface area contributed by atoms with Crippen molar-refractivity contribution in [1.29, 1.82) is 0 Å². The molecule has 0 radical (unpaired) electrons. The van der Waals surface area contributed by atoms with E-state index in [2.05, 4.69) is 15.8 Å². The van der Waals surface area contributed by atoms with Gasteiger partial charge in [-0.3, -0.25) is 9.59 Å². The number of hydrogen-bond donors (Lipinski definition) is 2. The topological polar surface area (TPSA) is 103 Å². The van der Waals surface area contributed by atoms with Crippen LogP contribution in [0.15, 0.2) is 59.1 Å². The Labute approximate surface area is 192 Å². The van der Waals surface area contributed by atoms with Crippen LogP contribution in [-0.2, 0) is 6.61 Å². The Hall–Kier alpha value is -3.81. The lowest BCUT2D eigenvalue weighted by atomic mass is 9.95. The van der Waals surface area contributed by atoms with Crippen LogP contribution in [0.2, 0.25) is 0 Å². The minimum Gasteiger partial charge on any atom is -0.497 e. The summed E-state index contributed by atoms with van der Waals surface area (Å²) in [6.45, 7) is 0.140. The summed E-state index contributed by atoms with van der Waals surface area (Å²) in [6, 6.07) is 15.7. The van der Waals surface area contributed by atoms with E-state index >= 15 is 0 Å². The van der Waals surface area contributed by atoms with Crippen LogP contribution in [0.4, 0.5) is 5.69 Å². The molecule has 1 aromatic heterocycles. The number of hydrogen-bond acceptors (Lipinski definition) is 6. The number of carbonyl (C=O) groups excluding carboxylic acids is 2. The monoisotopic (exact) mass is 449 g/mol. The summed E-state index contributed by atoms with van der Waals surface area (Å²) in [5, 5.41) is 9.71. The smallest absolute Gasteiger partial charge is 0.273 e. The lowest BCUT2D eigenvalue weighted by Gasteiger charge is -2.22. The van der Waals surface area contributed by atoms with Crippen LogP contribution in [0.5, 0.6) is 11.5 Å². The molecule has 8 heteroatoms. The average Bonchev–Trinajstić information content (AvgIpc) is 3.34. The molecular formula is C25H27N3O5. The molecule has 1 saturated carbocycles. The van der Waals surface area contributed by atoms with Crippen molar-refractivity contribution in [2.75, 3.05) is 12.4 Å². The zero-order valence-electron chi connectivity index (χ0n) is 18.5. The number of anilines is 1. The molecule has 0 saturated heterocycles. The third-order valence-corrected chi connectivity index (χ3v) is 5.58. The Kier molecular flexibility index (Phi) is 7.24. The van der Waals surface area contributed by atoms with Gasteiger partial charge in [0.1, 0.15) is 18.1 Å². The Balaban J connectivity index is 1.26. The number of aromatic nitrogens is 1. The molecule has 33 heavy (non-hydrogen) atoms. The molecule has 4 rings (SSSR count). The molecule has 1 aliphatic rings. The molecule has 3 aromatic rings. The summed E-state index contributed by atoms with van der Waals surface area (Å²) >= 11 is 0. The van der Waals surface area contributed by atoms with E-state index in [1.54, 1.807) is 61.7 Å². The summed E-state index contributed by atoms with van der Waals surface area (Å²) in [5.74, 6) is 1.32. The highest BCUT2D eigenvalue weighted by molar-refractivity contribution is 6.04. The Morgan fingerprint density at radius 3 is 2.36 bits per heavy atom. The van der Waals surface area contributed by atoms with Crippen molar-refractivity contribution in [1.82, 2.24) is 10.5 Å². The van der Waals surface area contributed by atoms with E-state index in [0.717, 1.165) is 25.7 Å². The second-order valence-electron chi connectivity index (χ2n) is 7.98. The molecular weight excluding hydrogens is 422 g/mol. The Bertz CT molecular complexity index is 1070. The largest absolute Gasteiger partial charge is 0.497 e. The molecule has 0 atom stereocenters. The van der Waals surface area contributed by atoms with Gasteiger partial charge in [0.25, 0.3) is 11.8 Å². The number of amides is 2. The van der Waals surface area contributed by atoms with Crippen LogP contribution in [0, 0.1) is 0 Å². The highest BCUT2D eigenvalue weighted by Crippen LogP contribution is 2.20. The number of benzene rings is 2. The highest BCUT2D eigenvalue weighted by Gasteiger charge is 2.19. The van der Waals surface area contributed by atoms with Gasteiger partial charge in [-0.2, -0.15) is 0 Å². The number of carbonyl (C=O) groups is 2. The standard InChI is InChI=1S/C25H27N3O5/c1-31-20-11-7-17(8-12-20)24(29)26-19-9-13-21(14-10-19)32-16-22-15-23(28-33-22)25(30)27-18-5-3-2-4-6-18/h7-15,18H,2-6,16H2,1H3,(H,26,29)(H,27,30). The molecule has 1 fully saturated rings. The maximum atomic E-state index is 12.4. The van der Waals surface area contributed by atoms with E-state index in [-0.39, 0.29) is 30.2 Å². The first-order chi connectivity index (χ1) is 16.1. The van der Waals surface area contributed by atoms with Crippen LogP contribution < -0.4 is 20.1 Å². The number of nitrogens with zero attached hydrogens (tertiary/aromatic N) is 1. The molecule has 0 unspecified atom stereocenters. The number of nitrogens with one attached hydrogen (secondary N) is 2. The van der Waals surface area contributed by atoms with Crippen molar-refractivity contribution < 1.29 is 23.6 Å². The first kappa shape index (κ1) is 22.4. The van der Waals surface area contributed by atoms with Gasteiger partial charge in [-0.15, -0.1) is 0 Å². The first-order valence-electron chi connectivity index (χ1n) is 11.1. The van der Waals surface area contributed by atoms with E-state index in [0.29, 0.717) is 28.5 Å². The Morgan fingerprint density at radius 1 is 0.970 bits per heavy atom. The molecule has 0 bridgehead atoms. The van der Waals surface area contributed by atoms with Crippen molar-refractivity contribution in [3.05, 3.63) is 71.6 Å². The molecule has 8 nitrogen and oxygen atoms in total.